The molecule has 0 aliphatic carbocycles. The minimum Gasteiger partial charge on any atom is -0.469 e. The van der Waals surface area contributed by atoms with Crippen LogP contribution in [0, 0.1) is 0 Å². The summed E-state index contributed by atoms with van der Waals surface area (Å²) >= 11 is 0. The molecule has 60 valence electrons. The summed E-state index contributed by atoms with van der Waals surface area (Å²) in [6.45, 7) is 1.87. The summed E-state index contributed by atoms with van der Waals surface area (Å²) in [6, 6.07) is 1.52. The molecule has 4 heteroatoms. The highest BCUT2D eigenvalue weighted by molar-refractivity contribution is 5.94. The fourth-order valence-corrected chi connectivity index (χ4v) is 0.877. The Morgan fingerprint density at radius 1 is 1.82 bits per heavy atom. The first-order chi connectivity index (χ1) is 5.29. The second-order valence-electron chi connectivity index (χ2n) is 2.05. The molecule has 0 aliphatic heterocycles. The van der Waals surface area contributed by atoms with Gasteiger partial charge in [-0.3, -0.25) is 10.0 Å². The zero-order chi connectivity index (χ0) is 8.27. The van der Waals surface area contributed by atoms with E-state index < -0.39 is 5.91 Å². The van der Waals surface area contributed by atoms with Crippen LogP contribution in [0.1, 0.15) is 23.0 Å². The quantitative estimate of drug-likeness (QED) is 0.494. The maximum atomic E-state index is 10.8. The molecule has 0 aliphatic rings. The van der Waals surface area contributed by atoms with Crippen LogP contribution < -0.4 is 5.48 Å². The first kappa shape index (κ1) is 7.81. The fourth-order valence-electron chi connectivity index (χ4n) is 0.877. The van der Waals surface area contributed by atoms with Crippen molar-refractivity contribution >= 4 is 5.91 Å². The largest absolute Gasteiger partial charge is 0.469 e. The molecule has 0 atom stereocenters. The lowest BCUT2D eigenvalue weighted by Crippen LogP contribution is -2.19. The van der Waals surface area contributed by atoms with Gasteiger partial charge < -0.3 is 4.42 Å². The Bertz CT molecular complexity index is 254. The molecule has 1 aromatic rings. The Morgan fingerprint density at radius 3 is 3.09 bits per heavy atom. The van der Waals surface area contributed by atoms with Gasteiger partial charge in [-0.05, 0) is 6.07 Å². The molecule has 0 bridgehead atoms. The van der Waals surface area contributed by atoms with Crippen LogP contribution in [0.25, 0.3) is 0 Å². The molecule has 0 saturated carbocycles. The lowest BCUT2D eigenvalue weighted by atomic mass is 10.2. The molecule has 1 heterocycles. The number of hydrogen-bond donors (Lipinski definition) is 2. The van der Waals surface area contributed by atoms with Gasteiger partial charge in [0.1, 0.15) is 5.76 Å². The van der Waals surface area contributed by atoms with Gasteiger partial charge >= 0.3 is 0 Å². The average Bonchev–Trinajstić information content (AvgIpc) is 2.50. The molecule has 0 unspecified atom stereocenters. The van der Waals surface area contributed by atoms with Crippen molar-refractivity contribution in [1.29, 1.82) is 0 Å². The average molecular weight is 155 g/mol. The van der Waals surface area contributed by atoms with Gasteiger partial charge in [-0.1, -0.05) is 6.92 Å². The maximum Gasteiger partial charge on any atom is 0.278 e. The molecule has 0 saturated heterocycles. The summed E-state index contributed by atoms with van der Waals surface area (Å²) in [5, 5.41) is 8.29. The van der Waals surface area contributed by atoms with E-state index in [1.165, 1.54) is 12.3 Å². The summed E-state index contributed by atoms with van der Waals surface area (Å²) in [4.78, 5) is 10.8. The molecule has 0 fully saturated rings. The van der Waals surface area contributed by atoms with Gasteiger partial charge in [0.15, 0.2) is 0 Å². The SMILES string of the molecule is CCc1occc1C(=O)NO. The van der Waals surface area contributed by atoms with Gasteiger partial charge in [0, 0.05) is 6.42 Å². The minimum atomic E-state index is -0.532. The van der Waals surface area contributed by atoms with Gasteiger partial charge in [-0.15, -0.1) is 0 Å². The third-order valence-electron chi connectivity index (χ3n) is 1.41. The van der Waals surface area contributed by atoms with E-state index in [2.05, 4.69) is 0 Å². The van der Waals surface area contributed by atoms with Gasteiger partial charge in [0.2, 0.25) is 0 Å². The molecular formula is C7H9NO3. The number of hydroxylamine groups is 1. The van der Waals surface area contributed by atoms with E-state index in [-0.39, 0.29) is 0 Å². The van der Waals surface area contributed by atoms with Crippen LogP contribution in [-0.4, -0.2) is 11.1 Å². The summed E-state index contributed by atoms with van der Waals surface area (Å²) in [5.41, 5.74) is 1.93. The Balaban J connectivity index is 2.92. The Morgan fingerprint density at radius 2 is 2.55 bits per heavy atom. The Kier molecular flexibility index (Phi) is 2.28. The van der Waals surface area contributed by atoms with Crippen molar-refractivity contribution < 1.29 is 14.4 Å². The number of hydrogen-bond acceptors (Lipinski definition) is 3. The highest BCUT2D eigenvalue weighted by Crippen LogP contribution is 2.10. The number of rotatable bonds is 2. The van der Waals surface area contributed by atoms with Crippen molar-refractivity contribution in [2.45, 2.75) is 13.3 Å². The van der Waals surface area contributed by atoms with Crippen molar-refractivity contribution in [3.8, 4) is 0 Å². The molecule has 1 amide bonds. The molecule has 2 N–H and O–H groups in total. The van der Waals surface area contributed by atoms with Crippen LogP contribution in [0.4, 0.5) is 0 Å². The Hall–Kier alpha value is -1.29. The van der Waals surface area contributed by atoms with Crippen molar-refractivity contribution in [3.05, 3.63) is 23.7 Å². The van der Waals surface area contributed by atoms with E-state index in [1.807, 2.05) is 6.92 Å². The van der Waals surface area contributed by atoms with E-state index in [0.29, 0.717) is 17.7 Å². The number of amides is 1. The zero-order valence-electron chi connectivity index (χ0n) is 6.13. The predicted octanol–water partition coefficient (Wildman–Crippen LogP) is 0.961. The topological polar surface area (TPSA) is 62.5 Å². The molecule has 0 spiro atoms. The summed E-state index contributed by atoms with van der Waals surface area (Å²) in [5.74, 6) is 0.0483. The lowest BCUT2D eigenvalue weighted by molar-refractivity contribution is 0.0704. The van der Waals surface area contributed by atoms with Crippen molar-refractivity contribution in [2.24, 2.45) is 0 Å². The van der Waals surface area contributed by atoms with Gasteiger partial charge in [-0.2, -0.15) is 0 Å². The van der Waals surface area contributed by atoms with Crippen molar-refractivity contribution in [2.75, 3.05) is 0 Å². The molecule has 1 rings (SSSR count). The minimum absolute atomic E-state index is 0.384. The Labute approximate surface area is 63.8 Å². The number of furan rings is 1. The monoisotopic (exact) mass is 155 g/mol. The van der Waals surface area contributed by atoms with Crippen molar-refractivity contribution in [1.82, 2.24) is 5.48 Å². The van der Waals surface area contributed by atoms with Crippen LogP contribution in [-0.2, 0) is 6.42 Å². The van der Waals surface area contributed by atoms with Crippen LogP contribution in [0.2, 0.25) is 0 Å². The number of carbonyl (C=O) groups excluding carboxylic acids is 1. The number of nitrogens with one attached hydrogen (secondary N) is 1. The normalized spacial score (nSPS) is 9.64. The fraction of sp³-hybridized carbons (Fsp3) is 0.286. The second kappa shape index (κ2) is 3.21. The molecule has 1 aromatic heterocycles. The van der Waals surface area contributed by atoms with Crippen LogP contribution in [0.3, 0.4) is 0 Å². The van der Waals surface area contributed by atoms with E-state index in [9.17, 15) is 4.79 Å². The van der Waals surface area contributed by atoms with E-state index in [4.69, 9.17) is 9.62 Å². The maximum absolute atomic E-state index is 10.8. The summed E-state index contributed by atoms with van der Waals surface area (Å²) < 4.78 is 4.96. The number of aryl methyl sites for hydroxylation is 1. The first-order valence-corrected chi connectivity index (χ1v) is 3.30. The van der Waals surface area contributed by atoms with Crippen LogP contribution >= 0.6 is 0 Å². The van der Waals surface area contributed by atoms with E-state index >= 15 is 0 Å². The third-order valence-corrected chi connectivity index (χ3v) is 1.41. The molecular weight excluding hydrogens is 146 g/mol. The lowest BCUT2D eigenvalue weighted by Gasteiger charge is -1.95. The summed E-state index contributed by atoms with van der Waals surface area (Å²) in [7, 11) is 0. The van der Waals surface area contributed by atoms with Crippen LogP contribution in [0.5, 0.6) is 0 Å². The standard InChI is InChI=1S/C7H9NO3/c1-2-6-5(3-4-11-6)7(9)8-10/h3-4,10H,2H2,1H3,(H,8,9). The van der Waals surface area contributed by atoms with Gasteiger partial charge in [0.25, 0.3) is 5.91 Å². The highest BCUT2D eigenvalue weighted by Gasteiger charge is 2.11. The van der Waals surface area contributed by atoms with Gasteiger partial charge in [0.05, 0.1) is 11.8 Å². The smallest absolute Gasteiger partial charge is 0.278 e. The van der Waals surface area contributed by atoms with Gasteiger partial charge in [-0.25, -0.2) is 5.48 Å². The highest BCUT2D eigenvalue weighted by atomic mass is 16.5. The molecule has 4 nitrogen and oxygen atoms in total. The van der Waals surface area contributed by atoms with Crippen LogP contribution in [0.15, 0.2) is 16.7 Å². The molecule has 11 heavy (non-hydrogen) atoms. The van der Waals surface area contributed by atoms with E-state index in [0.717, 1.165) is 0 Å². The molecule has 0 aromatic carbocycles. The summed E-state index contributed by atoms with van der Waals surface area (Å²) in [6.07, 6.45) is 2.05. The second-order valence-corrected chi connectivity index (χ2v) is 2.05. The van der Waals surface area contributed by atoms with Crippen molar-refractivity contribution in [3.63, 3.8) is 0 Å². The number of carbonyl (C=O) groups is 1. The molecule has 0 radical (unpaired) electrons. The first-order valence-electron chi connectivity index (χ1n) is 3.30. The third kappa shape index (κ3) is 1.40. The predicted molar refractivity (Wildman–Crippen MR) is 37.3 cm³/mol. The zero-order valence-corrected chi connectivity index (χ0v) is 6.13. The van der Waals surface area contributed by atoms with E-state index in [1.54, 1.807) is 5.48 Å².